The zero-order chi connectivity index (χ0) is 16.9. The molecule has 0 unspecified atom stereocenters. The van der Waals surface area contributed by atoms with Crippen molar-refractivity contribution in [2.24, 2.45) is 11.7 Å². The monoisotopic (exact) mass is 326 g/mol. The first-order valence-electron chi connectivity index (χ1n) is 8.17. The number of aromatic nitrogens is 2. The molecule has 1 fully saturated rings. The van der Waals surface area contributed by atoms with Gasteiger partial charge in [-0.25, -0.2) is 0 Å². The van der Waals surface area contributed by atoms with Gasteiger partial charge in [-0.1, -0.05) is 18.2 Å². The fraction of sp³-hybridized carbons (Fsp3) is 0.389. The molecule has 1 saturated heterocycles. The number of anilines is 1. The van der Waals surface area contributed by atoms with Crippen LogP contribution in [0.5, 0.6) is 5.75 Å². The Bertz CT molecular complexity index is 702. The Kier molecular flexibility index (Phi) is 4.93. The van der Waals surface area contributed by atoms with Gasteiger partial charge in [-0.15, -0.1) is 10.2 Å². The maximum absolute atomic E-state index is 11.1. The fourth-order valence-corrected chi connectivity index (χ4v) is 3.25. The summed E-state index contributed by atoms with van der Waals surface area (Å²) in [5.74, 6) is 1.72. The lowest BCUT2D eigenvalue weighted by Gasteiger charge is -2.33. The maximum Gasteiger partial charge on any atom is 0.269 e. The van der Waals surface area contributed by atoms with E-state index >= 15 is 0 Å². The Labute approximate surface area is 141 Å². The Morgan fingerprint density at radius 3 is 2.83 bits per heavy atom. The van der Waals surface area contributed by atoms with E-state index < -0.39 is 5.91 Å². The Morgan fingerprint density at radius 1 is 1.29 bits per heavy atom. The summed E-state index contributed by atoms with van der Waals surface area (Å²) in [6, 6.07) is 11.6. The third kappa shape index (κ3) is 3.64. The van der Waals surface area contributed by atoms with Gasteiger partial charge in [0, 0.05) is 13.1 Å². The first kappa shape index (κ1) is 16.2. The number of amides is 1. The Morgan fingerprint density at radius 2 is 2.12 bits per heavy atom. The highest BCUT2D eigenvalue weighted by Crippen LogP contribution is 2.27. The number of hydrogen-bond donors (Lipinski definition) is 1. The van der Waals surface area contributed by atoms with Gasteiger partial charge in [0.1, 0.15) is 5.75 Å². The molecular formula is C18H22N4O2. The van der Waals surface area contributed by atoms with Crippen molar-refractivity contribution in [1.82, 2.24) is 10.2 Å². The van der Waals surface area contributed by atoms with Crippen molar-refractivity contribution in [2.75, 3.05) is 25.1 Å². The van der Waals surface area contributed by atoms with Crippen LogP contribution in [0.1, 0.15) is 28.9 Å². The first-order chi connectivity index (χ1) is 11.7. The van der Waals surface area contributed by atoms with Gasteiger partial charge < -0.3 is 15.4 Å². The lowest BCUT2D eigenvalue weighted by molar-refractivity contribution is 0.0994. The van der Waals surface area contributed by atoms with Crippen LogP contribution < -0.4 is 15.4 Å². The van der Waals surface area contributed by atoms with E-state index in [1.165, 1.54) is 12.0 Å². The molecule has 1 amide bonds. The number of hydrogen-bond acceptors (Lipinski definition) is 5. The number of piperidine rings is 1. The summed E-state index contributed by atoms with van der Waals surface area (Å²) in [5.41, 5.74) is 6.64. The molecule has 126 valence electrons. The van der Waals surface area contributed by atoms with Crippen LogP contribution in [0, 0.1) is 5.92 Å². The number of ether oxygens (including phenoxy) is 1. The third-order valence-electron chi connectivity index (χ3n) is 4.45. The smallest absolute Gasteiger partial charge is 0.269 e. The molecule has 0 aliphatic carbocycles. The van der Waals surface area contributed by atoms with E-state index in [-0.39, 0.29) is 5.69 Å². The standard InChI is InChI=1S/C18H22N4O2/c1-24-16-7-3-2-6-14(16)11-13-5-4-10-22(12-13)17-9-8-15(18(19)23)20-21-17/h2-3,6-9,13H,4-5,10-12H2,1H3,(H2,19,23)/t13-/m1/s1. The van der Waals surface area contributed by atoms with E-state index in [9.17, 15) is 4.79 Å². The summed E-state index contributed by atoms with van der Waals surface area (Å²) in [4.78, 5) is 13.3. The number of methoxy groups -OCH3 is 1. The molecule has 2 aromatic rings. The van der Waals surface area contributed by atoms with Crippen LogP contribution in [-0.4, -0.2) is 36.3 Å². The van der Waals surface area contributed by atoms with E-state index in [1.54, 1.807) is 13.2 Å². The average Bonchev–Trinajstić information content (AvgIpc) is 2.62. The molecule has 2 heterocycles. The van der Waals surface area contributed by atoms with Gasteiger partial charge in [-0.3, -0.25) is 4.79 Å². The molecular weight excluding hydrogens is 304 g/mol. The zero-order valence-corrected chi connectivity index (χ0v) is 13.8. The summed E-state index contributed by atoms with van der Waals surface area (Å²) in [6.07, 6.45) is 3.27. The summed E-state index contributed by atoms with van der Waals surface area (Å²) >= 11 is 0. The molecule has 24 heavy (non-hydrogen) atoms. The lowest BCUT2D eigenvalue weighted by atomic mass is 9.91. The van der Waals surface area contributed by atoms with Crippen molar-refractivity contribution in [1.29, 1.82) is 0 Å². The molecule has 6 nitrogen and oxygen atoms in total. The third-order valence-corrected chi connectivity index (χ3v) is 4.45. The number of primary amides is 1. The minimum absolute atomic E-state index is 0.196. The van der Waals surface area contributed by atoms with E-state index in [1.807, 2.05) is 24.3 Å². The van der Waals surface area contributed by atoms with Gasteiger partial charge >= 0.3 is 0 Å². The second kappa shape index (κ2) is 7.29. The quantitative estimate of drug-likeness (QED) is 0.909. The number of carbonyl (C=O) groups is 1. The van der Waals surface area contributed by atoms with Crippen molar-refractivity contribution in [3.05, 3.63) is 47.7 Å². The van der Waals surface area contributed by atoms with Crippen LogP contribution >= 0.6 is 0 Å². The van der Waals surface area contributed by atoms with Gasteiger partial charge in [-0.05, 0) is 48.9 Å². The van der Waals surface area contributed by atoms with Crippen molar-refractivity contribution in [3.8, 4) is 5.75 Å². The minimum Gasteiger partial charge on any atom is -0.496 e. The zero-order valence-electron chi connectivity index (χ0n) is 13.8. The van der Waals surface area contributed by atoms with Gasteiger partial charge in [0.05, 0.1) is 7.11 Å². The van der Waals surface area contributed by atoms with E-state index in [4.69, 9.17) is 10.5 Å². The van der Waals surface area contributed by atoms with Crippen LogP contribution in [0.2, 0.25) is 0 Å². The number of benzene rings is 1. The molecule has 3 rings (SSSR count). The van der Waals surface area contributed by atoms with Crippen LogP contribution in [0.25, 0.3) is 0 Å². The van der Waals surface area contributed by atoms with Crippen molar-refractivity contribution >= 4 is 11.7 Å². The van der Waals surface area contributed by atoms with Gasteiger partial charge in [0.15, 0.2) is 11.5 Å². The average molecular weight is 326 g/mol. The largest absolute Gasteiger partial charge is 0.496 e. The highest BCUT2D eigenvalue weighted by Gasteiger charge is 2.22. The van der Waals surface area contributed by atoms with Crippen LogP contribution in [-0.2, 0) is 6.42 Å². The molecule has 1 aromatic heterocycles. The molecule has 1 aromatic carbocycles. The Hall–Kier alpha value is -2.63. The maximum atomic E-state index is 11.1. The van der Waals surface area contributed by atoms with Gasteiger partial charge in [-0.2, -0.15) is 0 Å². The van der Waals surface area contributed by atoms with Crippen LogP contribution in [0.3, 0.4) is 0 Å². The molecule has 1 atom stereocenters. The predicted molar refractivity (Wildman–Crippen MR) is 92.2 cm³/mol. The predicted octanol–water partition coefficient (Wildman–Crippen LogP) is 2.04. The van der Waals surface area contributed by atoms with Crippen LogP contribution in [0.4, 0.5) is 5.82 Å². The summed E-state index contributed by atoms with van der Waals surface area (Å²) in [5, 5.41) is 8.05. The minimum atomic E-state index is -0.554. The van der Waals surface area contributed by atoms with Crippen LogP contribution in [0.15, 0.2) is 36.4 Å². The molecule has 0 spiro atoms. The summed E-state index contributed by atoms with van der Waals surface area (Å²) in [7, 11) is 1.71. The molecule has 1 aliphatic heterocycles. The number of nitrogens with zero attached hydrogens (tertiary/aromatic N) is 3. The molecule has 0 bridgehead atoms. The first-order valence-corrected chi connectivity index (χ1v) is 8.17. The Balaban J connectivity index is 1.69. The van der Waals surface area contributed by atoms with Gasteiger partial charge in [0.2, 0.25) is 0 Å². The number of para-hydroxylation sites is 1. The van der Waals surface area contributed by atoms with Crippen molar-refractivity contribution in [2.45, 2.75) is 19.3 Å². The summed E-state index contributed by atoms with van der Waals surface area (Å²) < 4.78 is 5.45. The molecule has 0 radical (unpaired) electrons. The number of nitrogens with two attached hydrogens (primary N) is 1. The number of carbonyl (C=O) groups excluding carboxylic acids is 1. The van der Waals surface area contributed by atoms with E-state index in [0.717, 1.165) is 37.5 Å². The lowest BCUT2D eigenvalue weighted by Crippen LogP contribution is -2.37. The second-order valence-electron chi connectivity index (χ2n) is 6.11. The second-order valence-corrected chi connectivity index (χ2v) is 6.11. The topological polar surface area (TPSA) is 81.3 Å². The SMILES string of the molecule is COc1ccccc1C[C@H]1CCCN(c2ccc(C(N)=O)nn2)C1. The van der Waals surface area contributed by atoms with Crippen molar-refractivity contribution < 1.29 is 9.53 Å². The fourth-order valence-electron chi connectivity index (χ4n) is 3.25. The molecule has 0 saturated carbocycles. The summed E-state index contributed by atoms with van der Waals surface area (Å²) in [6.45, 7) is 1.87. The highest BCUT2D eigenvalue weighted by atomic mass is 16.5. The van der Waals surface area contributed by atoms with Gasteiger partial charge in [0.25, 0.3) is 5.91 Å². The normalized spacial score (nSPS) is 17.5. The number of rotatable bonds is 5. The molecule has 6 heteroatoms. The molecule has 1 aliphatic rings. The highest BCUT2D eigenvalue weighted by molar-refractivity contribution is 5.90. The van der Waals surface area contributed by atoms with E-state index in [2.05, 4.69) is 21.2 Å². The molecule has 2 N–H and O–H groups in total. The van der Waals surface area contributed by atoms with Crippen molar-refractivity contribution in [3.63, 3.8) is 0 Å². The van der Waals surface area contributed by atoms with E-state index in [0.29, 0.717) is 5.92 Å².